The van der Waals surface area contributed by atoms with Crippen molar-refractivity contribution < 1.29 is 18.3 Å². The molecule has 4 rings (SSSR count). The summed E-state index contributed by atoms with van der Waals surface area (Å²) >= 11 is 6.36. The molecular weight excluding hydrogens is 438 g/mol. The van der Waals surface area contributed by atoms with E-state index in [0.29, 0.717) is 47.1 Å². The predicted molar refractivity (Wildman–Crippen MR) is 117 cm³/mol. The van der Waals surface area contributed by atoms with Gasteiger partial charge in [0.2, 0.25) is 0 Å². The number of amides is 1. The number of carbonyl (C=O) groups is 1. The number of hydrogen-bond acceptors (Lipinski definition) is 4. The molecule has 2 heterocycles. The molecule has 2 N–H and O–H groups in total. The van der Waals surface area contributed by atoms with Crippen LogP contribution in [0, 0.1) is 11.6 Å². The summed E-state index contributed by atoms with van der Waals surface area (Å²) < 4.78 is 33.7. The number of aromatic nitrogens is 2. The molecule has 2 unspecified atom stereocenters. The van der Waals surface area contributed by atoms with E-state index in [1.165, 1.54) is 24.4 Å². The van der Waals surface area contributed by atoms with E-state index >= 15 is 0 Å². The Morgan fingerprint density at radius 1 is 1.31 bits per heavy atom. The van der Waals surface area contributed by atoms with Gasteiger partial charge >= 0.3 is 0 Å². The van der Waals surface area contributed by atoms with Gasteiger partial charge in [0.05, 0.1) is 36.2 Å². The van der Waals surface area contributed by atoms with Crippen molar-refractivity contribution in [2.75, 3.05) is 26.2 Å². The highest BCUT2D eigenvalue weighted by Gasteiger charge is 2.30. The van der Waals surface area contributed by atoms with Crippen LogP contribution in [0.2, 0.25) is 5.02 Å². The molecule has 2 atom stereocenters. The van der Waals surface area contributed by atoms with E-state index in [4.69, 9.17) is 16.3 Å². The fourth-order valence-electron chi connectivity index (χ4n) is 3.95. The van der Waals surface area contributed by atoms with Gasteiger partial charge in [0.15, 0.2) is 0 Å². The Bertz CT molecular complexity index is 1070. The van der Waals surface area contributed by atoms with Crippen molar-refractivity contribution in [2.45, 2.75) is 19.1 Å². The van der Waals surface area contributed by atoms with Crippen molar-refractivity contribution >= 4 is 17.5 Å². The van der Waals surface area contributed by atoms with E-state index in [2.05, 4.69) is 20.4 Å². The van der Waals surface area contributed by atoms with Gasteiger partial charge < -0.3 is 10.1 Å². The minimum absolute atomic E-state index is 0.0218. The minimum atomic E-state index is -0.472. The Balaban J connectivity index is 1.57. The van der Waals surface area contributed by atoms with Crippen molar-refractivity contribution in [3.05, 3.63) is 76.4 Å². The summed E-state index contributed by atoms with van der Waals surface area (Å²) in [7, 11) is 0. The van der Waals surface area contributed by atoms with Crippen LogP contribution < -0.4 is 5.32 Å². The van der Waals surface area contributed by atoms with Crippen LogP contribution in [0.15, 0.2) is 48.7 Å². The van der Waals surface area contributed by atoms with E-state index in [1.807, 2.05) is 6.92 Å². The predicted octanol–water partition coefficient (Wildman–Crippen LogP) is 4.20. The summed E-state index contributed by atoms with van der Waals surface area (Å²) in [5, 5.41) is 9.95. The van der Waals surface area contributed by atoms with Gasteiger partial charge in [0, 0.05) is 35.8 Å². The maximum Gasteiger partial charge on any atom is 0.255 e. The van der Waals surface area contributed by atoms with Crippen LogP contribution in [0.5, 0.6) is 0 Å². The molecule has 1 aliphatic rings. The fourth-order valence-corrected chi connectivity index (χ4v) is 4.24. The van der Waals surface area contributed by atoms with E-state index in [-0.39, 0.29) is 24.4 Å². The Hall–Kier alpha value is -2.81. The summed E-state index contributed by atoms with van der Waals surface area (Å²) in [6.45, 7) is 3.76. The number of carbonyl (C=O) groups excluding carboxylic acids is 1. The first-order valence-electron chi connectivity index (χ1n) is 10.3. The lowest BCUT2D eigenvalue weighted by molar-refractivity contribution is -0.0346. The largest absolute Gasteiger partial charge is 0.376 e. The number of nitrogens with zero attached hydrogens (tertiary/aromatic N) is 2. The van der Waals surface area contributed by atoms with Gasteiger partial charge in [-0.15, -0.1) is 0 Å². The van der Waals surface area contributed by atoms with Crippen molar-refractivity contribution in [1.82, 2.24) is 20.4 Å². The van der Waals surface area contributed by atoms with Crippen molar-refractivity contribution in [1.29, 1.82) is 0 Å². The second-order valence-electron chi connectivity index (χ2n) is 7.70. The van der Waals surface area contributed by atoms with Gasteiger partial charge in [-0.2, -0.15) is 5.10 Å². The van der Waals surface area contributed by atoms with Crippen LogP contribution in [0.4, 0.5) is 8.78 Å². The standard InChI is InChI=1S/C23H23ClF2N4O2/c1-14-13-30(9-10-32-14)20(21-18(24)3-2-4-19(21)26)12-27-23(31)17-11-28-29-22(17)15-5-7-16(25)8-6-15/h2-8,11,14,20H,9-10,12-13H2,1H3,(H,27,31)(H,28,29). The lowest BCUT2D eigenvalue weighted by Crippen LogP contribution is -2.47. The molecule has 0 bridgehead atoms. The highest BCUT2D eigenvalue weighted by molar-refractivity contribution is 6.31. The zero-order valence-corrected chi connectivity index (χ0v) is 18.2. The highest BCUT2D eigenvalue weighted by atomic mass is 35.5. The smallest absolute Gasteiger partial charge is 0.255 e. The second-order valence-corrected chi connectivity index (χ2v) is 8.11. The van der Waals surface area contributed by atoms with E-state index in [0.717, 1.165) is 0 Å². The third-order valence-corrected chi connectivity index (χ3v) is 5.85. The summed E-state index contributed by atoms with van der Waals surface area (Å²) in [6.07, 6.45) is 1.39. The Kier molecular flexibility index (Phi) is 6.83. The van der Waals surface area contributed by atoms with Gasteiger partial charge in [-0.05, 0) is 43.3 Å². The quantitative estimate of drug-likeness (QED) is 0.578. The Morgan fingerprint density at radius 2 is 2.09 bits per heavy atom. The number of benzene rings is 2. The van der Waals surface area contributed by atoms with Crippen LogP contribution in [0.1, 0.15) is 28.9 Å². The molecule has 1 aromatic heterocycles. The number of aromatic amines is 1. The van der Waals surface area contributed by atoms with E-state index in [1.54, 1.807) is 24.3 Å². The lowest BCUT2D eigenvalue weighted by Gasteiger charge is -2.38. The average molecular weight is 461 g/mol. The minimum Gasteiger partial charge on any atom is -0.376 e. The SMILES string of the molecule is CC1CN(C(CNC(=O)c2cn[nH]c2-c2ccc(F)cc2)c2c(F)cccc2Cl)CCO1. The van der Waals surface area contributed by atoms with Crippen LogP contribution >= 0.6 is 11.6 Å². The molecule has 2 aromatic carbocycles. The Labute approximate surface area is 189 Å². The number of halogens is 3. The van der Waals surface area contributed by atoms with Gasteiger partial charge in [-0.1, -0.05) is 17.7 Å². The molecule has 0 spiro atoms. The highest BCUT2D eigenvalue weighted by Crippen LogP contribution is 2.31. The lowest BCUT2D eigenvalue weighted by atomic mass is 10.0. The van der Waals surface area contributed by atoms with Gasteiger partial charge in [-0.3, -0.25) is 14.8 Å². The molecule has 6 nitrogen and oxygen atoms in total. The normalized spacial score (nSPS) is 17.8. The molecule has 0 aliphatic carbocycles. The fraction of sp³-hybridized carbons (Fsp3) is 0.304. The molecule has 1 amide bonds. The van der Waals surface area contributed by atoms with E-state index in [9.17, 15) is 13.6 Å². The molecule has 3 aromatic rings. The molecule has 168 valence electrons. The van der Waals surface area contributed by atoms with Crippen molar-refractivity contribution in [2.24, 2.45) is 0 Å². The molecule has 32 heavy (non-hydrogen) atoms. The van der Waals surface area contributed by atoms with Gasteiger partial charge in [0.25, 0.3) is 5.91 Å². The topological polar surface area (TPSA) is 70.2 Å². The average Bonchev–Trinajstić information content (AvgIpc) is 3.26. The van der Waals surface area contributed by atoms with Crippen LogP contribution in [0.3, 0.4) is 0 Å². The third kappa shape index (κ3) is 4.82. The monoisotopic (exact) mass is 460 g/mol. The first-order chi connectivity index (χ1) is 15.4. The molecule has 0 saturated carbocycles. The number of H-pyrrole nitrogens is 1. The van der Waals surface area contributed by atoms with Crippen LogP contribution in [0.25, 0.3) is 11.3 Å². The first-order valence-corrected chi connectivity index (χ1v) is 10.7. The van der Waals surface area contributed by atoms with Crippen LogP contribution in [-0.2, 0) is 4.74 Å². The molecule has 9 heteroatoms. The molecule has 1 aliphatic heterocycles. The molecule has 1 fully saturated rings. The zero-order valence-electron chi connectivity index (χ0n) is 17.4. The number of nitrogens with one attached hydrogen (secondary N) is 2. The maximum atomic E-state index is 14.8. The molecule has 1 saturated heterocycles. The molecular formula is C23H23ClF2N4O2. The number of hydrogen-bond donors (Lipinski definition) is 2. The molecule has 0 radical (unpaired) electrons. The Morgan fingerprint density at radius 3 is 2.81 bits per heavy atom. The van der Waals surface area contributed by atoms with Gasteiger partial charge in [-0.25, -0.2) is 8.78 Å². The number of ether oxygens (including phenoxy) is 1. The third-order valence-electron chi connectivity index (χ3n) is 5.52. The first kappa shape index (κ1) is 22.4. The van der Waals surface area contributed by atoms with Gasteiger partial charge in [0.1, 0.15) is 11.6 Å². The number of morpholine rings is 1. The van der Waals surface area contributed by atoms with Crippen molar-refractivity contribution in [3.8, 4) is 11.3 Å². The summed E-state index contributed by atoms with van der Waals surface area (Å²) in [4.78, 5) is 15.1. The van der Waals surface area contributed by atoms with Crippen molar-refractivity contribution in [3.63, 3.8) is 0 Å². The summed E-state index contributed by atoms with van der Waals surface area (Å²) in [5.74, 6) is -1.17. The van der Waals surface area contributed by atoms with E-state index < -0.39 is 11.9 Å². The van der Waals surface area contributed by atoms with Crippen LogP contribution in [-0.4, -0.2) is 53.3 Å². The second kappa shape index (κ2) is 9.77. The number of rotatable bonds is 6. The zero-order chi connectivity index (χ0) is 22.7. The summed E-state index contributed by atoms with van der Waals surface area (Å²) in [6, 6.07) is 9.85. The summed E-state index contributed by atoms with van der Waals surface area (Å²) in [5.41, 5.74) is 1.76. The maximum absolute atomic E-state index is 14.8.